The lowest BCUT2D eigenvalue weighted by Crippen LogP contribution is -2.14. The number of benzene rings is 1. The standard InChI is InChI=1S/C11H14N2O4/c1-7-5-8(11(2,3)4)10(13(16)17)6-9(7)12(14)15/h5-6H,1-4H3. The van der Waals surface area contributed by atoms with E-state index in [1.165, 1.54) is 6.07 Å². The lowest BCUT2D eigenvalue weighted by Gasteiger charge is -2.19. The van der Waals surface area contributed by atoms with Crippen LogP contribution in [0.25, 0.3) is 0 Å². The molecule has 0 unspecified atom stereocenters. The third-order valence-corrected chi connectivity index (χ3v) is 2.52. The predicted molar refractivity (Wildman–Crippen MR) is 63.2 cm³/mol. The molecule has 17 heavy (non-hydrogen) atoms. The maximum atomic E-state index is 10.9. The Bertz CT molecular complexity index is 489. The molecule has 0 amide bonds. The summed E-state index contributed by atoms with van der Waals surface area (Å²) >= 11 is 0. The van der Waals surface area contributed by atoms with E-state index in [2.05, 4.69) is 0 Å². The lowest BCUT2D eigenvalue weighted by atomic mass is 9.84. The summed E-state index contributed by atoms with van der Waals surface area (Å²) in [5.74, 6) is 0. The predicted octanol–water partition coefficient (Wildman–Crippen LogP) is 3.11. The Hall–Kier alpha value is -1.98. The van der Waals surface area contributed by atoms with Gasteiger partial charge in [-0.25, -0.2) is 0 Å². The second-order valence-electron chi connectivity index (χ2n) is 4.92. The minimum absolute atomic E-state index is 0.199. The van der Waals surface area contributed by atoms with E-state index in [4.69, 9.17) is 0 Å². The van der Waals surface area contributed by atoms with Crippen molar-refractivity contribution in [3.05, 3.63) is 43.5 Å². The molecule has 0 spiro atoms. The van der Waals surface area contributed by atoms with Gasteiger partial charge >= 0.3 is 0 Å². The number of rotatable bonds is 2. The molecular weight excluding hydrogens is 224 g/mol. The Balaban J connectivity index is 3.58. The highest BCUT2D eigenvalue weighted by Crippen LogP contribution is 2.35. The SMILES string of the molecule is Cc1cc(C(C)(C)C)c([N+](=O)[O-])cc1[N+](=O)[O-]. The average molecular weight is 238 g/mol. The highest BCUT2D eigenvalue weighted by Gasteiger charge is 2.29. The van der Waals surface area contributed by atoms with Crippen molar-refractivity contribution < 1.29 is 9.85 Å². The Labute approximate surface area is 98.6 Å². The van der Waals surface area contributed by atoms with E-state index >= 15 is 0 Å². The van der Waals surface area contributed by atoms with Gasteiger partial charge in [0.25, 0.3) is 11.4 Å². The number of hydrogen-bond acceptors (Lipinski definition) is 4. The van der Waals surface area contributed by atoms with Crippen molar-refractivity contribution in [3.8, 4) is 0 Å². The molecule has 0 heterocycles. The van der Waals surface area contributed by atoms with E-state index in [9.17, 15) is 20.2 Å². The number of nitrogens with zero attached hydrogens (tertiary/aromatic N) is 2. The van der Waals surface area contributed by atoms with Gasteiger partial charge in [0.15, 0.2) is 0 Å². The number of hydrogen-bond donors (Lipinski definition) is 0. The van der Waals surface area contributed by atoms with Crippen LogP contribution in [0.5, 0.6) is 0 Å². The smallest absolute Gasteiger partial charge is 0.258 e. The molecule has 0 saturated carbocycles. The molecule has 0 aromatic heterocycles. The third kappa shape index (κ3) is 2.58. The van der Waals surface area contributed by atoms with Gasteiger partial charge in [0.2, 0.25) is 0 Å². The summed E-state index contributed by atoms with van der Waals surface area (Å²) in [4.78, 5) is 20.5. The number of nitro groups is 2. The summed E-state index contributed by atoms with van der Waals surface area (Å²) in [6.07, 6.45) is 0. The average Bonchev–Trinajstić information content (AvgIpc) is 2.14. The molecule has 1 aromatic carbocycles. The van der Waals surface area contributed by atoms with E-state index in [1.54, 1.807) is 6.92 Å². The lowest BCUT2D eigenvalue weighted by molar-refractivity contribution is -0.395. The van der Waals surface area contributed by atoms with Crippen LogP contribution in [0.1, 0.15) is 31.9 Å². The Morgan fingerprint density at radius 3 is 1.82 bits per heavy atom. The van der Waals surface area contributed by atoms with Gasteiger partial charge in [0.1, 0.15) is 0 Å². The monoisotopic (exact) mass is 238 g/mol. The van der Waals surface area contributed by atoms with Crippen molar-refractivity contribution in [2.75, 3.05) is 0 Å². The van der Waals surface area contributed by atoms with Crippen LogP contribution >= 0.6 is 0 Å². The van der Waals surface area contributed by atoms with Crippen LogP contribution in [0.4, 0.5) is 11.4 Å². The van der Waals surface area contributed by atoms with E-state index in [1.807, 2.05) is 20.8 Å². The minimum Gasteiger partial charge on any atom is -0.258 e. The van der Waals surface area contributed by atoms with E-state index in [-0.39, 0.29) is 11.4 Å². The van der Waals surface area contributed by atoms with Gasteiger partial charge < -0.3 is 0 Å². The molecule has 1 aromatic rings. The molecule has 6 nitrogen and oxygen atoms in total. The second kappa shape index (κ2) is 4.12. The first-order valence-corrected chi connectivity index (χ1v) is 5.08. The number of nitro benzene ring substituents is 2. The molecule has 0 atom stereocenters. The first kappa shape index (κ1) is 13.1. The van der Waals surface area contributed by atoms with Crippen LogP contribution in [0.15, 0.2) is 12.1 Å². The topological polar surface area (TPSA) is 86.3 Å². The van der Waals surface area contributed by atoms with Crippen LogP contribution in [0.2, 0.25) is 0 Å². The maximum Gasteiger partial charge on any atom is 0.280 e. The Kier molecular flexibility index (Phi) is 3.17. The molecule has 92 valence electrons. The summed E-state index contributed by atoms with van der Waals surface area (Å²) in [5.41, 5.74) is 0.0954. The van der Waals surface area contributed by atoms with E-state index < -0.39 is 15.3 Å². The summed E-state index contributed by atoms with van der Waals surface area (Å²) in [7, 11) is 0. The van der Waals surface area contributed by atoms with Gasteiger partial charge in [0, 0.05) is 11.1 Å². The third-order valence-electron chi connectivity index (χ3n) is 2.52. The van der Waals surface area contributed by atoms with Gasteiger partial charge in [-0.2, -0.15) is 0 Å². The Morgan fingerprint density at radius 1 is 1.00 bits per heavy atom. The molecule has 0 bridgehead atoms. The summed E-state index contributed by atoms with van der Waals surface area (Å²) in [6, 6.07) is 2.56. The first-order chi connectivity index (χ1) is 7.64. The molecule has 0 N–H and O–H groups in total. The first-order valence-electron chi connectivity index (χ1n) is 5.08. The molecule has 0 radical (unpaired) electrons. The van der Waals surface area contributed by atoms with Crippen LogP contribution < -0.4 is 0 Å². The highest BCUT2D eigenvalue weighted by atomic mass is 16.6. The van der Waals surface area contributed by atoms with Crippen molar-refractivity contribution in [2.24, 2.45) is 0 Å². The molecule has 0 aliphatic heterocycles. The largest absolute Gasteiger partial charge is 0.280 e. The van der Waals surface area contributed by atoms with Gasteiger partial charge in [-0.1, -0.05) is 20.8 Å². The summed E-state index contributed by atoms with van der Waals surface area (Å²) < 4.78 is 0. The number of aryl methyl sites for hydroxylation is 1. The fraction of sp³-hybridized carbons (Fsp3) is 0.455. The summed E-state index contributed by atoms with van der Waals surface area (Å²) in [5, 5.41) is 21.7. The van der Waals surface area contributed by atoms with Crippen molar-refractivity contribution in [3.63, 3.8) is 0 Å². The van der Waals surface area contributed by atoms with Crippen LogP contribution in [0.3, 0.4) is 0 Å². The minimum atomic E-state index is -0.602. The molecular formula is C11H14N2O4. The van der Waals surface area contributed by atoms with Gasteiger partial charge in [-0.05, 0) is 18.4 Å². The molecule has 6 heteroatoms. The Morgan fingerprint density at radius 2 is 1.47 bits per heavy atom. The van der Waals surface area contributed by atoms with E-state index in [0.29, 0.717) is 11.1 Å². The van der Waals surface area contributed by atoms with Crippen molar-refractivity contribution in [1.82, 2.24) is 0 Å². The zero-order valence-electron chi connectivity index (χ0n) is 10.2. The van der Waals surface area contributed by atoms with Gasteiger partial charge in [-0.15, -0.1) is 0 Å². The van der Waals surface area contributed by atoms with Crippen molar-refractivity contribution in [2.45, 2.75) is 33.1 Å². The molecule has 1 rings (SSSR count). The zero-order chi connectivity index (χ0) is 13.4. The quantitative estimate of drug-likeness (QED) is 0.585. The van der Waals surface area contributed by atoms with Gasteiger partial charge in [-0.3, -0.25) is 20.2 Å². The van der Waals surface area contributed by atoms with Crippen LogP contribution in [-0.2, 0) is 5.41 Å². The molecule has 0 aliphatic rings. The van der Waals surface area contributed by atoms with E-state index in [0.717, 1.165) is 6.07 Å². The van der Waals surface area contributed by atoms with Crippen LogP contribution in [-0.4, -0.2) is 9.85 Å². The molecule has 0 aliphatic carbocycles. The normalized spacial score (nSPS) is 11.3. The van der Waals surface area contributed by atoms with Gasteiger partial charge in [0.05, 0.1) is 15.9 Å². The molecule has 0 fully saturated rings. The second-order valence-corrected chi connectivity index (χ2v) is 4.92. The zero-order valence-corrected chi connectivity index (χ0v) is 10.2. The molecule has 0 saturated heterocycles. The fourth-order valence-electron chi connectivity index (χ4n) is 1.63. The van der Waals surface area contributed by atoms with Crippen LogP contribution in [0, 0.1) is 27.2 Å². The fourth-order valence-corrected chi connectivity index (χ4v) is 1.63. The maximum absolute atomic E-state index is 10.9. The van der Waals surface area contributed by atoms with Crippen molar-refractivity contribution in [1.29, 1.82) is 0 Å². The summed E-state index contributed by atoms with van der Waals surface area (Å²) in [6.45, 7) is 7.08. The highest BCUT2D eigenvalue weighted by molar-refractivity contribution is 5.56. The van der Waals surface area contributed by atoms with Crippen molar-refractivity contribution >= 4 is 11.4 Å².